The summed E-state index contributed by atoms with van der Waals surface area (Å²) in [6.45, 7) is 4.21. The molecule has 1 aliphatic heterocycles. The molecule has 77 valence electrons. The van der Waals surface area contributed by atoms with Gasteiger partial charge in [0, 0.05) is 31.9 Å². The molecular weight excluding hydrogens is 188 g/mol. The maximum Gasteiger partial charge on any atom is 0.123 e. The predicted molar refractivity (Wildman–Crippen MR) is 60.0 cm³/mol. The zero-order valence-corrected chi connectivity index (χ0v) is 8.45. The van der Waals surface area contributed by atoms with Crippen LogP contribution in [0.2, 0.25) is 0 Å². The van der Waals surface area contributed by atoms with Gasteiger partial charge in [-0.25, -0.2) is 0 Å². The van der Waals surface area contributed by atoms with Gasteiger partial charge in [0.05, 0.1) is 10.9 Å². The van der Waals surface area contributed by atoms with E-state index in [0.29, 0.717) is 0 Å². The fourth-order valence-electron chi connectivity index (χ4n) is 2.06. The first kappa shape index (κ1) is 8.73. The molecule has 0 bridgehead atoms. The molecule has 3 rings (SSSR count). The molecule has 0 unspecified atom stereocenters. The third-order valence-electron chi connectivity index (χ3n) is 2.84. The Kier molecular flexibility index (Phi) is 2.07. The zero-order valence-electron chi connectivity index (χ0n) is 8.45. The maximum atomic E-state index is 3.96. The zero-order chi connectivity index (χ0) is 10.1. The lowest BCUT2D eigenvalue weighted by molar-refractivity contribution is 0.590. The van der Waals surface area contributed by atoms with Crippen LogP contribution in [0.4, 0.5) is 5.69 Å². The van der Waals surface area contributed by atoms with E-state index >= 15 is 0 Å². The average molecular weight is 201 g/mol. The highest BCUT2D eigenvalue weighted by Crippen LogP contribution is 2.24. The van der Waals surface area contributed by atoms with Crippen LogP contribution >= 0.6 is 0 Å². The summed E-state index contributed by atoms with van der Waals surface area (Å²) < 4.78 is 0. The Balaban J connectivity index is 2.05. The molecule has 2 aromatic rings. The van der Waals surface area contributed by atoms with Crippen LogP contribution < -0.4 is 10.2 Å². The van der Waals surface area contributed by atoms with Gasteiger partial charge < -0.3 is 10.2 Å². The lowest BCUT2D eigenvalue weighted by Gasteiger charge is -2.29. The second-order valence-electron chi connectivity index (χ2n) is 3.77. The Morgan fingerprint density at radius 2 is 2.13 bits per heavy atom. The van der Waals surface area contributed by atoms with E-state index in [1.165, 1.54) is 5.69 Å². The van der Waals surface area contributed by atoms with Crippen molar-refractivity contribution in [3.63, 3.8) is 0 Å². The highest BCUT2D eigenvalue weighted by atomic mass is 15.2. The van der Waals surface area contributed by atoms with Crippen LogP contribution in [0.15, 0.2) is 18.2 Å². The largest absolute Gasteiger partial charge is 0.368 e. The smallest absolute Gasteiger partial charge is 0.123 e. The summed E-state index contributed by atoms with van der Waals surface area (Å²) in [4.78, 5) is 2.38. The van der Waals surface area contributed by atoms with Gasteiger partial charge in [0.25, 0.3) is 0 Å². The standard InChI is InChI=1S/C11H13N4/c1-2-10-9(8-13-14-10)11(3-1)15-6-4-12-5-7-15/h1-3,12H,4-7H2,(H,13,14). The van der Waals surface area contributed by atoms with E-state index in [1.54, 1.807) is 0 Å². The summed E-state index contributed by atoms with van der Waals surface area (Å²) in [6, 6.07) is 6.23. The molecule has 15 heavy (non-hydrogen) atoms. The highest BCUT2D eigenvalue weighted by Gasteiger charge is 2.13. The number of aromatic nitrogens is 2. The third-order valence-corrected chi connectivity index (χ3v) is 2.84. The Labute approximate surface area is 88.3 Å². The molecular formula is C11H13N4. The van der Waals surface area contributed by atoms with E-state index in [4.69, 9.17) is 0 Å². The molecule has 4 heteroatoms. The SMILES string of the molecule is [c]1n[nH]c2cccc(N3CCNCC3)c12. The van der Waals surface area contributed by atoms with E-state index in [1.807, 2.05) is 6.07 Å². The van der Waals surface area contributed by atoms with Gasteiger partial charge >= 0.3 is 0 Å². The van der Waals surface area contributed by atoms with Gasteiger partial charge in [0.1, 0.15) is 6.20 Å². The maximum absolute atomic E-state index is 3.96. The van der Waals surface area contributed by atoms with E-state index < -0.39 is 0 Å². The number of anilines is 1. The molecule has 2 heterocycles. The number of hydrogen-bond donors (Lipinski definition) is 2. The number of aromatic amines is 1. The molecule has 0 amide bonds. The lowest BCUT2D eigenvalue weighted by atomic mass is 10.2. The fourth-order valence-corrected chi connectivity index (χ4v) is 2.06. The molecule has 1 fully saturated rings. The van der Waals surface area contributed by atoms with Gasteiger partial charge in [-0.05, 0) is 12.1 Å². The van der Waals surface area contributed by atoms with Crippen molar-refractivity contribution in [1.82, 2.24) is 15.5 Å². The van der Waals surface area contributed by atoms with Gasteiger partial charge in [-0.1, -0.05) is 6.07 Å². The summed E-state index contributed by atoms with van der Waals surface area (Å²) in [5, 5.41) is 11.4. The Hall–Kier alpha value is -1.55. The Morgan fingerprint density at radius 3 is 3.00 bits per heavy atom. The minimum atomic E-state index is 1.05. The van der Waals surface area contributed by atoms with E-state index in [2.05, 4.69) is 38.7 Å². The van der Waals surface area contributed by atoms with Gasteiger partial charge in [-0.15, -0.1) is 0 Å². The van der Waals surface area contributed by atoms with Crippen LogP contribution in [0, 0.1) is 6.20 Å². The van der Waals surface area contributed by atoms with Crippen molar-refractivity contribution in [3.05, 3.63) is 24.4 Å². The Morgan fingerprint density at radius 1 is 1.27 bits per heavy atom. The Bertz CT molecular complexity index is 456. The second-order valence-corrected chi connectivity index (χ2v) is 3.77. The molecule has 1 aromatic carbocycles. The van der Waals surface area contributed by atoms with Crippen molar-refractivity contribution in [2.45, 2.75) is 0 Å². The van der Waals surface area contributed by atoms with Crippen molar-refractivity contribution in [2.24, 2.45) is 0 Å². The van der Waals surface area contributed by atoms with E-state index in [9.17, 15) is 0 Å². The first-order valence-corrected chi connectivity index (χ1v) is 5.25. The van der Waals surface area contributed by atoms with Crippen LogP contribution in [0.25, 0.3) is 10.9 Å². The number of hydrogen-bond acceptors (Lipinski definition) is 3. The molecule has 1 radical (unpaired) electrons. The molecule has 4 nitrogen and oxygen atoms in total. The summed E-state index contributed by atoms with van der Waals surface area (Å²) in [7, 11) is 0. The minimum Gasteiger partial charge on any atom is -0.368 e. The number of piperazine rings is 1. The van der Waals surface area contributed by atoms with Gasteiger partial charge in [0.15, 0.2) is 0 Å². The third kappa shape index (κ3) is 1.47. The van der Waals surface area contributed by atoms with Crippen LogP contribution in [0.5, 0.6) is 0 Å². The molecule has 0 aliphatic carbocycles. The summed E-state index contributed by atoms with van der Waals surface area (Å²) in [5.74, 6) is 0. The molecule has 0 saturated carbocycles. The average Bonchev–Trinajstić information content (AvgIpc) is 2.78. The number of nitrogens with one attached hydrogen (secondary N) is 2. The molecule has 0 atom stereocenters. The van der Waals surface area contributed by atoms with Gasteiger partial charge in [-0.3, -0.25) is 5.10 Å². The van der Waals surface area contributed by atoms with Crippen LogP contribution in [-0.2, 0) is 0 Å². The lowest BCUT2D eigenvalue weighted by Crippen LogP contribution is -2.43. The van der Waals surface area contributed by atoms with Crippen molar-refractivity contribution >= 4 is 16.6 Å². The van der Waals surface area contributed by atoms with E-state index in [-0.39, 0.29) is 0 Å². The first-order valence-electron chi connectivity index (χ1n) is 5.25. The summed E-state index contributed by atoms with van der Waals surface area (Å²) in [6.07, 6.45) is 3.02. The molecule has 1 aromatic heterocycles. The predicted octanol–water partition coefficient (Wildman–Crippen LogP) is 0.773. The van der Waals surface area contributed by atoms with Crippen molar-refractivity contribution in [1.29, 1.82) is 0 Å². The molecule has 0 spiro atoms. The fraction of sp³-hybridized carbons (Fsp3) is 0.364. The monoisotopic (exact) mass is 201 g/mol. The quantitative estimate of drug-likeness (QED) is 0.716. The normalized spacial score (nSPS) is 17.2. The highest BCUT2D eigenvalue weighted by molar-refractivity contribution is 5.90. The number of nitrogens with zero attached hydrogens (tertiary/aromatic N) is 2. The summed E-state index contributed by atoms with van der Waals surface area (Å²) in [5.41, 5.74) is 2.30. The molecule has 1 aliphatic rings. The minimum absolute atomic E-state index is 1.05. The number of fused-ring (bicyclic) bond motifs is 1. The number of benzene rings is 1. The number of rotatable bonds is 1. The summed E-state index contributed by atoms with van der Waals surface area (Å²) >= 11 is 0. The first-order chi connectivity index (χ1) is 7.45. The van der Waals surface area contributed by atoms with Crippen LogP contribution in [0.1, 0.15) is 0 Å². The van der Waals surface area contributed by atoms with Crippen molar-refractivity contribution in [2.75, 3.05) is 31.1 Å². The van der Waals surface area contributed by atoms with Crippen LogP contribution in [0.3, 0.4) is 0 Å². The van der Waals surface area contributed by atoms with Crippen molar-refractivity contribution in [3.8, 4) is 0 Å². The molecule has 2 N–H and O–H groups in total. The molecule has 1 saturated heterocycles. The van der Waals surface area contributed by atoms with Gasteiger partial charge in [0.2, 0.25) is 0 Å². The van der Waals surface area contributed by atoms with Crippen LogP contribution in [-0.4, -0.2) is 36.4 Å². The van der Waals surface area contributed by atoms with Gasteiger partial charge in [-0.2, -0.15) is 5.10 Å². The van der Waals surface area contributed by atoms with E-state index in [0.717, 1.165) is 37.1 Å². The number of H-pyrrole nitrogens is 1. The second kappa shape index (κ2) is 3.55. The topological polar surface area (TPSA) is 44.0 Å². The van der Waals surface area contributed by atoms with Crippen molar-refractivity contribution < 1.29 is 0 Å².